The lowest BCUT2D eigenvalue weighted by atomic mass is 9.90. The molecule has 0 aliphatic heterocycles. The second-order valence-electron chi connectivity index (χ2n) is 7.89. The summed E-state index contributed by atoms with van der Waals surface area (Å²) in [7, 11) is 1.66. The Labute approximate surface area is 194 Å². The minimum atomic E-state index is 0.0285. The molecule has 0 aliphatic rings. The molecule has 0 bridgehead atoms. The maximum Gasteiger partial charge on any atom is 0.122 e. The zero-order valence-electron chi connectivity index (χ0n) is 18.6. The number of aromatic nitrogens is 2. The lowest BCUT2D eigenvalue weighted by Crippen LogP contribution is -2.15. The van der Waals surface area contributed by atoms with Crippen LogP contribution in [0.2, 0.25) is 0 Å². The molecule has 0 atom stereocenters. The number of rotatable bonds is 8. The van der Waals surface area contributed by atoms with Gasteiger partial charge in [0.25, 0.3) is 0 Å². The third-order valence-electron chi connectivity index (χ3n) is 5.85. The Hall–Kier alpha value is -4.05. The molecule has 164 valence electrons. The van der Waals surface area contributed by atoms with Gasteiger partial charge in [0.2, 0.25) is 0 Å². The third kappa shape index (κ3) is 4.46. The summed E-state index contributed by atoms with van der Waals surface area (Å²) in [6.45, 7) is 1.23. The van der Waals surface area contributed by atoms with E-state index >= 15 is 0 Å². The number of ether oxygens (including phenoxy) is 2. The van der Waals surface area contributed by atoms with Crippen LogP contribution >= 0.6 is 0 Å². The highest BCUT2D eigenvalue weighted by molar-refractivity contribution is 5.76. The fraction of sp³-hybridized carbons (Fsp3) is 0.138. The summed E-state index contributed by atoms with van der Waals surface area (Å²) in [6.07, 6.45) is 0. The molecular formula is C29H26N2O2. The molecule has 4 aromatic carbocycles. The van der Waals surface area contributed by atoms with Gasteiger partial charge in [-0.15, -0.1) is 0 Å². The first-order valence-corrected chi connectivity index (χ1v) is 11.2. The van der Waals surface area contributed by atoms with Crippen molar-refractivity contribution < 1.29 is 9.47 Å². The van der Waals surface area contributed by atoms with E-state index in [0.29, 0.717) is 13.2 Å². The molecule has 0 spiro atoms. The smallest absolute Gasteiger partial charge is 0.122 e. The summed E-state index contributed by atoms with van der Waals surface area (Å²) in [5.74, 6) is 2.69. The maximum absolute atomic E-state index is 6.07. The molecule has 4 heteroatoms. The Balaban J connectivity index is 1.52. The van der Waals surface area contributed by atoms with Gasteiger partial charge in [-0.1, -0.05) is 72.8 Å². The van der Waals surface area contributed by atoms with E-state index in [1.54, 1.807) is 7.11 Å². The molecule has 33 heavy (non-hydrogen) atoms. The van der Waals surface area contributed by atoms with Gasteiger partial charge in [-0.05, 0) is 47.5 Å². The molecule has 0 radical (unpaired) electrons. The second-order valence-corrected chi connectivity index (χ2v) is 7.89. The van der Waals surface area contributed by atoms with Crippen LogP contribution in [0.25, 0.3) is 11.0 Å². The van der Waals surface area contributed by atoms with Crippen LogP contribution in [-0.4, -0.2) is 23.3 Å². The zero-order valence-corrected chi connectivity index (χ0v) is 18.6. The quantitative estimate of drug-likeness (QED) is 0.287. The predicted octanol–water partition coefficient (Wildman–Crippen LogP) is 6.30. The average Bonchev–Trinajstić information content (AvgIpc) is 3.24. The highest BCUT2D eigenvalue weighted by Gasteiger charge is 2.23. The number of nitrogens with zero attached hydrogens (tertiary/aromatic N) is 2. The Kier molecular flexibility index (Phi) is 6.07. The number of imidazole rings is 1. The first-order chi connectivity index (χ1) is 16.3. The van der Waals surface area contributed by atoms with Crippen molar-refractivity contribution in [2.24, 2.45) is 0 Å². The SMILES string of the molecule is COc1ccc(OCCn2c(C(c3ccccc3)c3ccccc3)nc3ccccc32)cc1. The van der Waals surface area contributed by atoms with Gasteiger partial charge in [-0.3, -0.25) is 0 Å². The van der Waals surface area contributed by atoms with Crippen LogP contribution in [0, 0.1) is 0 Å². The van der Waals surface area contributed by atoms with Crippen LogP contribution in [0.5, 0.6) is 11.5 Å². The maximum atomic E-state index is 6.07. The van der Waals surface area contributed by atoms with Crippen molar-refractivity contribution in [2.45, 2.75) is 12.5 Å². The van der Waals surface area contributed by atoms with Gasteiger partial charge < -0.3 is 14.0 Å². The Morgan fingerprint density at radius 1 is 0.697 bits per heavy atom. The fourth-order valence-corrected chi connectivity index (χ4v) is 4.26. The number of hydrogen-bond acceptors (Lipinski definition) is 3. The molecule has 4 nitrogen and oxygen atoms in total. The van der Waals surface area contributed by atoms with Gasteiger partial charge in [-0.25, -0.2) is 4.98 Å². The normalized spacial score (nSPS) is 11.1. The number of hydrogen-bond donors (Lipinski definition) is 0. The second kappa shape index (κ2) is 9.61. The Morgan fingerprint density at radius 3 is 1.91 bits per heavy atom. The van der Waals surface area contributed by atoms with Gasteiger partial charge in [0.1, 0.15) is 23.9 Å². The van der Waals surface area contributed by atoms with Crippen LogP contribution in [0.3, 0.4) is 0 Å². The Morgan fingerprint density at radius 2 is 1.27 bits per heavy atom. The largest absolute Gasteiger partial charge is 0.497 e. The number of para-hydroxylation sites is 2. The van der Waals surface area contributed by atoms with Gasteiger partial charge in [0, 0.05) is 0 Å². The Bertz CT molecular complexity index is 1270. The van der Waals surface area contributed by atoms with Gasteiger partial charge in [-0.2, -0.15) is 0 Å². The summed E-state index contributed by atoms with van der Waals surface area (Å²) < 4.78 is 13.6. The van der Waals surface area contributed by atoms with E-state index in [2.05, 4.69) is 83.4 Å². The van der Waals surface area contributed by atoms with Gasteiger partial charge in [0.05, 0.1) is 30.6 Å². The van der Waals surface area contributed by atoms with Crippen molar-refractivity contribution in [1.82, 2.24) is 9.55 Å². The lowest BCUT2D eigenvalue weighted by Gasteiger charge is -2.20. The van der Waals surface area contributed by atoms with Gasteiger partial charge >= 0.3 is 0 Å². The summed E-state index contributed by atoms with van der Waals surface area (Å²) in [5, 5.41) is 0. The summed E-state index contributed by atoms with van der Waals surface area (Å²) in [6, 6.07) is 37.2. The molecule has 0 fully saturated rings. The predicted molar refractivity (Wildman–Crippen MR) is 132 cm³/mol. The number of fused-ring (bicyclic) bond motifs is 1. The minimum absolute atomic E-state index is 0.0285. The average molecular weight is 435 g/mol. The molecular weight excluding hydrogens is 408 g/mol. The standard InChI is InChI=1S/C29H26N2O2/c1-32-24-16-18-25(19-17-24)33-21-20-31-27-15-9-8-14-26(27)30-29(31)28(22-10-4-2-5-11-22)23-12-6-3-7-13-23/h2-19,28H,20-21H2,1H3. The molecule has 1 heterocycles. The van der Waals surface area contributed by atoms with Crippen LogP contribution < -0.4 is 9.47 Å². The molecule has 0 saturated carbocycles. The lowest BCUT2D eigenvalue weighted by molar-refractivity contribution is 0.297. The molecule has 5 aromatic rings. The highest BCUT2D eigenvalue weighted by Crippen LogP contribution is 2.33. The van der Waals surface area contributed by atoms with Crippen LogP contribution in [0.15, 0.2) is 109 Å². The van der Waals surface area contributed by atoms with Crippen LogP contribution in [0.4, 0.5) is 0 Å². The molecule has 0 saturated heterocycles. The van der Waals surface area contributed by atoms with E-state index in [1.165, 1.54) is 11.1 Å². The fourth-order valence-electron chi connectivity index (χ4n) is 4.26. The van der Waals surface area contributed by atoms with E-state index in [0.717, 1.165) is 28.4 Å². The van der Waals surface area contributed by atoms with E-state index in [4.69, 9.17) is 14.5 Å². The monoisotopic (exact) mass is 434 g/mol. The summed E-state index contributed by atoms with van der Waals surface area (Å²) >= 11 is 0. The van der Waals surface area contributed by atoms with E-state index < -0.39 is 0 Å². The minimum Gasteiger partial charge on any atom is -0.497 e. The molecule has 5 rings (SSSR count). The highest BCUT2D eigenvalue weighted by atomic mass is 16.5. The van der Waals surface area contributed by atoms with Crippen molar-refractivity contribution in [1.29, 1.82) is 0 Å². The molecule has 0 unspecified atom stereocenters. The van der Waals surface area contributed by atoms with Gasteiger partial charge in [0.15, 0.2) is 0 Å². The molecule has 0 amide bonds. The summed E-state index contributed by atoms with van der Waals surface area (Å²) in [5.41, 5.74) is 4.55. The third-order valence-corrected chi connectivity index (χ3v) is 5.85. The van der Waals surface area contributed by atoms with E-state index in [9.17, 15) is 0 Å². The van der Waals surface area contributed by atoms with Crippen molar-refractivity contribution in [3.05, 3.63) is 126 Å². The van der Waals surface area contributed by atoms with E-state index in [-0.39, 0.29) is 5.92 Å². The topological polar surface area (TPSA) is 36.3 Å². The number of benzene rings is 4. The zero-order chi connectivity index (χ0) is 22.5. The van der Waals surface area contributed by atoms with Crippen molar-refractivity contribution >= 4 is 11.0 Å². The van der Waals surface area contributed by atoms with Crippen LogP contribution in [-0.2, 0) is 6.54 Å². The molecule has 0 aliphatic carbocycles. The molecule has 0 N–H and O–H groups in total. The van der Waals surface area contributed by atoms with E-state index in [1.807, 2.05) is 30.3 Å². The summed E-state index contributed by atoms with van der Waals surface area (Å²) in [4.78, 5) is 5.10. The number of methoxy groups -OCH3 is 1. The first-order valence-electron chi connectivity index (χ1n) is 11.2. The van der Waals surface area contributed by atoms with Crippen molar-refractivity contribution in [3.63, 3.8) is 0 Å². The first kappa shape index (κ1) is 20.8. The van der Waals surface area contributed by atoms with Crippen LogP contribution in [0.1, 0.15) is 22.9 Å². The molecule has 1 aromatic heterocycles. The van der Waals surface area contributed by atoms with Crippen molar-refractivity contribution in [3.8, 4) is 11.5 Å². The van der Waals surface area contributed by atoms with Crippen molar-refractivity contribution in [2.75, 3.05) is 13.7 Å².